The van der Waals surface area contributed by atoms with E-state index in [-0.39, 0.29) is 18.8 Å². The van der Waals surface area contributed by atoms with Crippen LogP contribution in [0.1, 0.15) is 25.8 Å². The summed E-state index contributed by atoms with van der Waals surface area (Å²) < 4.78 is 32.3. The summed E-state index contributed by atoms with van der Waals surface area (Å²) in [6.07, 6.45) is 1.26. The molecule has 1 heterocycles. The number of sulfonamides is 1. The van der Waals surface area contributed by atoms with Gasteiger partial charge in [-0.2, -0.15) is 4.31 Å². The van der Waals surface area contributed by atoms with Crippen LogP contribution in [0.3, 0.4) is 0 Å². The molecule has 0 amide bonds. The van der Waals surface area contributed by atoms with Crippen molar-refractivity contribution >= 4 is 10.0 Å². The molecular weight excluding hydrogens is 290 g/mol. The van der Waals surface area contributed by atoms with Crippen molar-refractivity contribution in [3.63, 3.8) is 0 Å². The first-order chi connectivity index (χ1) is 9.93. The van der Waals surface area contributed by atoms with Gasteiger partial charge in [0.05, 0.1) is 17.1 Å². The minimum absolute atomic E-state index is 0.0904. The number of nitrogens with zero attached hydrogens (tertiary/aromatic N) is 1. The average molecular weight is 313 g/mol. The Bertz CT molecular complexity index is 546. The van der Waals surface area contributed by atoms with Crippen LogP contribution in [-0.4, -0.2) is 49.7 Å². The molecule has 1 saturated heterocycles. The van der Waals surface area contributed by atoms with Crippen molar-refractivity contribution < 1.29 is 18.3 Å². The second-order valence-electron chi connectivity index (χ2n) is 5.55. The van der Waals surface area contributed by atoms with Crippen LogP contribution in [0, 0.1) is 0 Å². The zero-order chi connectivity index (χ0) is 15.5. The molecule has 1 aliphatic rings. The van der Waals surface area contributed by atoms with Crippen molar-refractivity contribution in [3.05, 3.63) is 29.8 Å². The van der Waals surface area contributed by atoms with Gasteiger partial charge in [-0.3, -0.25) is 0 Å². The molecule has 6 heteroatoms. The van der Waals surface area contributed by atoms with Gasteiger partial charge in [-0.05, 0) is 44.4 Å². The first-order valence-electron chi connectivity index (χ1n) is 7.29. The van der Waals surface area contributed by atoms with E-state index in [2.05, 4.69) is 0 Å². The fourth-order valence-electron chi connectivity index (χ4n) is 2.59. The fourth-order valence-corrected chi connectivity index (χ4v) is 4.18. The molecule has 5 nitrogen and oxygen atoms in total. The monoisotopic (exact) mass is 313 g/mol. The van der Waals surface area contributed by atoms with Crippen LogP contribution in [0.5, 0.6) is 0 Å². The molecule has 21 heavy (non-hydrogen) atoms. The van der Waals surface area contributed by atoms with Crippen molar-refractivity contribution in [1.82, 2.24) is 4.31 Å². The number of aliphatic hydroxyl groups excluding tert-OH is 1. The number of aliphatic hydroxyl groups is 1. The van der Waals surface area contributed by atoms with Crippen LogP contribution in [0.2, 0.25) is 0 Å². The maximum Gasteiger partial charge on any atom is 0.243 e. The topological polar surface area (TPSA) is 66.8 Å². The maximum absolute atomic E-state index is 12.6. The van der Waals surface area contributed by atoms with E-state index < -0.39 is 10.0 Å². The molecule has 118 valence electrons. The molecule has 1 aliphatic heterocycles. The summed E-state index contributed by atoms with van der Waals surface area (Å²) in [4.78, 5) is 0.316. The predicted octanol–water partition coefficient (Wildman–Crippen LogP) is 1.41. The molecule has 0 bridgehead atoms. The van der Waals surface area contributed by atoms with Crippen LogP contribution in [0.15, 0.2) is 29.2 Å². The Labute approximate surface area is 126 Å². The average Bonchev–Trinajstić information content (AvgIpc) is 2.44. The lowest BCUT2D eigenvalue weighted by Crippen LogP contribution is -2.48. The first-order valence-corrected chi connectivity index (χ1v) is 8.73. The molecule has 2 rings (SSSR count). The minimum atomic E-state index is -3.46. The number of benzene rings is 1. The highest BCUT2D eigenvalue weighted by Gasteiger charge is 2.31. The third-order valence-corrected chi connectivity index (χ3v) is 5.42. The summed E-state index contributed by atoms with van der Waals surface area (Å²) in [5.41, 5.74) is 1.03. The quantitative estimate of drug-likeness (QED) is 0.892. The summed E-state index contributed by atoms with van der Waals surface area (Å²) in [5, 5.41) is 8.82. The Balaban J connectivity index is 2.15. The molecule has 0 saturated carbocycles. The van der Waals surface area contributed by atoms with Crippen molar-refractivity contribution in [2.24, 2.45) is 0 Å². The third kappa shape index (κ3) is 4.03. The van der Waals surface area contributed by atoms with Gasteiger partial charge in [0.25, 0.3) is 0 Å². The molecule has 2 atom stereocenters. The van der Waals surface area contributed by atoms with Gasteiger partial charge in [0.15, 0.2) is 0 Å². The van der Waals surface area contributed by atoms with Crippen LogP contribution in [-0.2, 0) is 21.2 Å². The summed E-state index contributed by atoms with van der Waals surface area (Å²) in [7, 11) is -3.46. The van der Waals surface area contributed by atoms with Crippen molar-refractivity contribution in [1.29, 1.82) is 0 Å². The standard InChI is InChI=1S/C15H23NO4S/c1-12-10-16(11-13(2)20-12)21(18,19)15-7-5-14(6-8-15)4-3-9-17/h5-8,12-13,17H,3-4,9-11H2,1-2H3. The van der Waals surface area contributed by atoms with Crippen LogP contribution in [0.25, 0.3) is 0 Å². The van der Waals surface area contributed by atoms with Gasteiger partial charge in [0, 0.05) is 19.7 Å². The fraction of sp³-hybridized carbons (Fsp3) is 0.600. The van der Waals surface area contributed by atoms with E-state index in [1.54, 1.807) is 12.1 Å². The lowest BCUT2D eigenvalue weighted by Gasteiger charge is -2.34. The van der Waals surface area contributed by atoms with E-state index in [0.717, 1.165) is 12.0 Å². The lowest BCUT2D eigenvalue weighted by molar-refractivity contribution is -0.0440. The van der Waals surface area contributed by atoms with Gasteiger partial charge in [0.1, 0.15) is 0 Å². The molecule has 1 aromatic rings. The lowest BCUT2D eigenvalue weighted by atomic mass is 10.1. The molecule has 0 radical (unpaired) electrons. The number of ether oxygens (including phenoxy) is 1. The summed E-state index contributed by atoms with van der Waals surface area (Å²) in [6, 6.07) is 6.92. The van der Waals surface area contributed by atoms with Gasteiger partial charge in [-0.25, -0.2) is 8.42 Å². The molecular formula is C15H23NO4S. The molecule has 0 aromatic heterocycles. The zero-order valence-electron chi connectivity index (χ0n) is 12.5. The predicted molar refractivity (Wildman–Crippen MR) is 80.6 cm³/mol. The Morgan fingerprint density at radius 2 is 1.76 bits per heavy atom. The van der Waals surface area contributed by atoms with E-state index in [1.807, 2.05) is 26.0 Å². The SMILES string of the molecule is CC1CN(S(=O)(=O)c2ccc(CCCO)cc2)CC(C)O1. The van der Waals surface area contributed by atoms with Crippen LogP contribution >= 0.6 is 0 Å². The Morgan fingerprint density at radius 1 is 1.19 bits per heavy atom. The second kappa shape index (κ2) is 6.87. The maximum atomic E-state index is 12.6. The van der Waals surface area contributed by atoms with Crippen LogP contribution in [0.4, 0.5) is 0 Å². The number of rotatable bonds is 5. The molecule has 2 unspecified atom stereocenters. The third-order valence-electron chi connectivity index (χ3n) is 3.57. The zero-order valence-corrected chi connectivity index (χ0v) is 13.3. The van der Waals surface area contributed by atoms with E-state index in [9.17, 15) is 8.42 Å². The molecule has 0 aliphatic carbocycles. The Hall–Kier alpha value is -0.950. The van der Waals surface area contributed by atoms with Crippen molar-refractivity contribution in [3.8, 4) is 0 Å². The minimum Gasteiger partial charge on any atom is -0.396 e. The van der Waals surface area contributed by atoms with Crippen molar-refractivity contribution in [2.75, 3.05) is 19.7 Å². The molecule has 1 aromatic carbocycles. The smallest absolute Gasteiger partial charge is 0.243 e. The largest absolute Gasteiger partial charge is 0.396 e. The Morgan fingerprint density at radius 3 is 2.29 bits per heavy atom. The summed E-state index contributed by atoms with van der Waals surface area (Å²) in [5.74, 6) is 0. The van der Waals surface area contributed by atoms with Gasteiger partial charge in [-0.1, -0.05) is 12.1 Å². The van der Waals surface area contributed by atoms with Gasteiger partial charge < -0.3 is 9.84 Å². The summed E-state index contributed by atoms with van der Waals surface area (Å²) >= 11 is 0. The Kier molecular flexibility index (Phi) is 5.37. The molecule has 1 fully saturated rings. The van der Waals surface area contributed by atoms with E-state index >= 15 is 0 Å². The van der Waals surface area contributed by atoms with Crippen molar-refractivity contribution in [2.45, 2.75) is 43.8 Å². The normalized spacial score (nSPS) is 24.1. The van der Waals surface area contributed by atoms with E-state index in [0.29, 0.717) is 24.4 Å². The molecule has 0 spiro atoms. The van der Waals surface area contributed by atoms with E-state index in [4.69, 9.17) is 9.84 Å². The van der Waals surface area contributed by atoms with E-state index in [1.165, 1.54) is 4.31 Å². The highest BCUT2D eigenvalue weighted by atomic mass is 32.2. The highest BCUT2D eigenvalue weighted by molar-refractivity contribution is 7.89. The van der Waals surface area contributed by atoms with Gasteiger partial charge >= 0.3 is 0 Å². The summed E-state index contributed by atoms with van der Waals surface area (Å²) in [6.45, 7) is 4.69. The van der Waals surface area contributed by atoms with Crippen LogP contribution < -0.4 is 0 Å². The number of aryl methyl sites for hydroxylation is 1. The number of hydrogen-bond donors (Lipinski definition) is 1. The first kappa shape index (κ1) is 16.4. The number of hydrogen-bond acceptors (Lipinski definition) is 4. The van der Waals surface area contributed by atoms with Gasteiger partial charge in [0.2, 0.25) is 10.0 Å². The van der Waals surface area contributed by atoms with Gasteiger partial charge in [-0.15, -0.1) is 0 Å². The highest BCUT2D eigenvalue weighted by Crippen LogP contribution is 2.21. The second-order valence-corrected chi connectivity index (χ2v) is 7.49. The number of morpholine rings is 1. The molecule has 1 N–H and O–H groups in total.